The van der Waals surface area contributed by atoms with Crippen molar-refractivity contribution in [2.45, 2.75) is 148 Å². The Morgan fingerprint density at radius 1 is 0.554 bits per heavy atom. The molecule has 0 aromatic heterocycles. The average molecular weight is 780 g/mol. The van der Waals surface area contributed by atoms with Crippen LogP contribution in [0.25, 0.3) is 0 Å². The van der Waals surface area contributed by atoms with Crippen LogP contribution < -0.4 is 5.11 Å². The number of hydrogen-bond acceptors (Lipinski definition) is 7. The number of quaternary nitrogens is 1. The molecule has 0 N–H and O–H groups in total. The molecule has 0 fully saturated rings. The fourth-order valence-corrected chi connectivity index (χ4v) is 5.44. The van der Waals surface area contributed by atoms with Gasteiger partial charge >= 0.3 is 11.9 Å². The average Bonchev–Trinajstić information content (AvgIpc) is 3.15. The molecule has 0 saturated heterocycles. The Hall–Kier alpha value is -3.75. The van der Waals surface area contributed by atoms with Gasteiger partial charge in [0.25, 0.3) is 0 Å². The van der Waals surface area contributed by atoms with Gasteiger partial charge in [-0.1, -0.05) is 143 Å². The zero-order valence-electron chi connectivity index (χ0n) is 35.8. The Morgan fingerprint density at radius 2 is 1.00 bits per heavy atom. The van der Waals surface area contributed by atoms with E-state index >= 15 is 0 Å². The predicted octanol–water partition coefficient (Wildman–Crippen LogP) is 10.2. The molecule has 316 valence electrons. The van der Waals surface area contributed by atoms with E-state index < -0.39 is 24.1 Å². The molecule has 2 unspecified atom stereocenters. The third-order valence-corrected chi connectivity index (χ3v) is 8.73. The number of carboxylic acids is 1. The van der Waals surface area contributed by atoms with Gasteiger partial charge in [-0.25, -0.2) is 0 Å². The minimum atomic E-state index is -1.15. The fraction of sp³-hybridized carbons (Fsp3) is 0.604. The van der Waals surface area contributed by atoms with Gasteiger partial charge in [0, 0.05) is 19.3 Å². The number of ether oxygens (including phenoxy) is 3. The second kappa shape index (κ2) is 38.1. The first-order chi connectivity index (χ1) is 27.1. The van der Waals surface area contributed by atoms with Crippen molar-refractivity contribution < 1.29 is 38.2 Å². The summed E-state index contributed by atoms with van der Waals surface area (Å²) < 4.78 is 17.0. The molecular formula is C48H77NO7. The van der Waals surface area contributed by atoms with Gasteiger partial charge in [0.1, 0.15) is 12.6 Å². The monoisotopic (exact) mass is 780 g/mol. The summed E-state index contributed by atoms with van der Waals surface area (Å²) in [4.78, 5) is 36.7. The standard InChI is InChI=1S/C48H77NO7/c1-6-8-10-12-14-16-18-20-21-22-23-24-25-27-28-30-32-34-36-38-46(50)55-43-44(42-54-41-40-45(48(52)53)49(3,4)5)56-47(51)39-37-35-33-31-29-26-19-17-15-13-11-9-7-2/h8,10,14,16,20-21,23-24,26-29,32-35,44-45H,6-7,9,11-13,15,17-19,22,25,30-31,36-43H2,1-5H3/b10-8+,16-14+,21-20+,24-23+,28-27+,29-26+,34-32+,35-33+. The number of allylic oxidation sites excluding steroid dienone is 16. The number of carboxylic acid groups (broad SMARTS) is 1. The molecule has 2 atom stereocenters. The first kappa shape index (κ1) is 52.2. The molecule has 0 amide bonds. The molecule has 0 rings (SSSR count). The normalized spacial score (nSPS) is 13.9. The predicted molar refractivity (Wildman–Crippen MR) is 231 cm³/mol. The molecule has 0 radical (unpaired) electrons. The van der Waals surface area contributed by atoms with Crippen LogP contribution in [0.4, 0.5) is 0 Å². The van der Waals surface area contributed by atoms with Crippen LogP contribution >= 0.6 is 0 Å². The zero-order chi connectivity index (χ0) is 41.4. The second-order valence-electron chi connectivity index (χ2n) is 14.8. The van der Waals surface area contributed by atoms with Crippen molar-refractivity contribution in [3.05, 3.63) is 97.2 Å². The van der Waals surface area contributed by atoms with E-state index in [4.69, 9.17) is 14.2 Å². The highest BCUT2D eigenvalue weighted by Gasteiger charge is 2.25. The summed E-state index contributed by atoms with van der Waals surface area (Å²) in [5, 5.41) is 11.6. The Bertz CT molecular complexity index is 1230. The smallest absolute Gasteiger partial charge is 0.306 e. The molecule has 0 saturated carbocycles. The quantitative estimate of drug-likeness (QED) is 0.0270. The highest BCUT2D eigenvalue weighted by atomic mass is 16.6. The van der Waals surface area contributed by atoms with Crippen molar-refractivity contribution in [2.75, 3.05) is 41.0 Å². The van der Waals surface area contributed by atoms with E-state index in [1.165, 1.54) is 38.5 Å². The number of rotatable bonds is 36. The van der Waals surface area contributed by atoms with Crippen molar-refractivity contribution in [1.29, 1.82) is 0 Å². The Labute approximate surface area is 341 Å². The molecule has 0 heterocycles. The molecule has 0 aliphatic rings. The van der Waals surface area contributed by atoms with Gasteiger partial charge in [-0.15, -0.1) is 0 Å². The summed E-state index contributed by atoms with van der Waals surface area (Å²) in [5.41, 5.74) is 0. The summed E-state index contributed by atoms with van der Waals surface area (Å²) in [6.07, 6.45) is 50.4. The second-order valence-corrected chi connectivity index (χ2v) is 14.8. The fourth-order valence-electron chi connectivity index (χ4n) is 5.44. The van der Waals surface area contributed by atoms with Gasteiger partial charge in [0.15, 0.2) is 6.10 Å². The first-order valence-corrected chi connectivity index (χ1v) is 21.3. The minimum Gasteiger partial charge on any atom is -0.544 e. The van der Waals surface area contributed by atoms with E-state index in [2.05, 4.69) is 86.8 Å². The maximum absolute atomic E-state index is 12.6. The van der Waals surface area contributed by atoms with Crippen LogP contribution in [-0.2, 0) is 28.6 Å². The molecule has 0 aromatic rings. The highest BCUT2D eigenvalue weighted by molar-refractivity contribution is 5.70. The maximum atomic E-state index is 12.6. The lowest BCUT2D eigenvalue weighted by atomic mass is 10.1. The summed E-state index contributed by atoms with van der Waals surface area (Å²) in [6.45, 7) is 4.36. The van der Waals surface area contributed by atoms with E-state index in [0.717, 1.165) is 51.4 Å². The molecule has 8 nitrogen and oxygen atoms in total. The topological polar surface area (TPSA) is 102 Å². The maximum Gasteiger partial charge on any atom is 0.306 e. The number of nitrogens with zero attached hydrogens (tertiary/aromatic N) is 1. The van der Waals surface area contributed by atoms with E-state index in [1.807, 2.05) is 24.3 Å². The van der Waals surface area contributed by atoms with Crippen molar-refractivity contribution in [3.63, 3.8) is 0 Å². The number of esters is 2. The van der Waals surface area contributed by atoms with Crippen LogP contribution in [0.2, 0.25) is 0 Å². The van der Waals surface area contributed by atoms with Gasteiger partial charge < -0.3 is 28.6 Å². The van der Waals surface area contributed by atoms with Gasteiger partial charge in [-0.3, -0.25) is 9.59 Å². The summed E-state index contributed by atoms with van der Waals surface area (Å²) in [6, 6.07) is -0.750. The lowest BCUT2D eigenvalue weighted by Gasteiger charge is -2.34. The number of carbonyl (C=O) groups is 3. The van der Waals surface area contributed by atoms with Crippen LogP contribution in [0.1, 0.15) is 136 Å². The van der Waals surface area contributed by atoms with Gasteiger partial charge in [0.2, 0.25) is 0 Å². The first-order valence-electron chi connectivity index (χ1n) is 21.3. The molecule has 8 heteroatoms. The molecular weight excluding hydrogens is 703 g/mol. The third kappa shape index (κ3) is 35.9. The van der Waals surface area contributed by atoms with Crippen molar-refractivity contribution >= 4 is 17.9 Å². The SMILES string of the molecule is CC/C=C/C/C=C/C/C=C/C/C=C/C/C=C/C/C=C/CCC(=O)OCC(COCCC(C(=O)[O-])[N+](C)(C)C)OC(=O)CC/C=C/C/C=C/CCCCCCCC. The van der Waals surface area contributed by atoms with Crippen LogP contribution in [0.3, 0.4) is 0 Å². The lowest BCUT2D eigenvalue weighted by Crippen LogP contribution is -2.55. The summed E-state index contributed by atoms with van der Waals surface area (Å²) in [7, 11) is 5.35. The van der Waals surface area contributed by atoms with Gasteiger partial charge in [-0.2, -0.15) is 0 Å². The molecule has 0 spiro atoms. The van der Waals surface area contributed by atoms with Crippen LogP contribution in [0.5, 0.6) is 0 Å². The van der Waals surface area contributed by atoms with Crippen LogP contribution in [0.15, 0.2) is 97.2 Å². The Kier molecular flexibility index (Phi) is 35.6. The van der Waals surface area contributed by atoms with E-state index in [-0.39, 0.29) is 49.5 Å². The number of carbonyl (C=O) groups excluding carboxylic acids is 3. The summed E-state index contributed by atoms with van der Waals surface area (Å²) in [5.74, 6) is -1.94. The van der Waals surface area contributed by atoms with Crippen LogP contribution in [-0.4, -0.2) is 75.5 Å². The van der Waals surface area contributed by atoms with Crippen molar-refractivity contribution in [2.24, 2.45) is 0 Å². The van der Waals surface area contributed by atoms with Gasteiger partial charge in [0.05, 0.1) is 40.3 Å². The number of aliphatic carboxylic acids is 1. The van der Waals surface area contributed by atoms with E-state index in [9.17, 15) is 19.5 Å². The van der Waals surface area contributed by atoms with Crippen molar-refractivity contribution in [3.8, 4) is 0 Å². The zero-order valence-corrected chi connectivity index (χ0v) is 35.8. The lowest BCUT2D eigenvalue weighted by molar-refractivity contribution is -0.889. The number of hydrogen-bond donors (Lipinski definition) is 0. The molecule has 0 aromatic carbocycles. The molecule has 56 heavy (non-hydrogen) atoms. The Balaban J connectivity index is 4.57. The van der Waals surface area contributed by atoms with E-state index in [1.54, 1.807) is 21.1 Å². The minimum absolute atomic E-state index is 0.0116. The number of likely N-dealkylation sites (N-methyl/N-ethyl adjacent to an activating group) is 1. The summed E-state index contributed by atoms with van der Waals surface area (Å²) >= 11 is 0. The molecule has 0 aliphatic heterocycles. The number of unbranched alkanes of at least 4 members (excludes halogenated alkanes) is 6. The third-order valence-electron chi connectivity index (χ3n) is 8.73. The molecule has 0 aliphatic carbocycles. The highest BCUT2D eigenvalue weighted by Crippen LogP contribution is 2.10. The largest absolute Gasteiger partial charge is 0.544 e. The molecule has 0 bridgehead atoms. The van der Waals surface area contributed by atoms with Gasteiger partial charge in [-0.05, 0) is 70.6 Å². The Morgan fingerprint density at radius 3 is 1.48 bits per heavy atom. The van der Waals surface area contributed by atoms with E-state index in [0.29, 0.717) is 12.8 Å². The van der Waals surface area contributed by atoms with Crippen LogP contribution in [0, 0.1) is 0 Å². The van der Waals surface area contributed by atoms with Crippen molar-refractivity contribution in [1.82, 2.24) is 0 Å².